The number of hydrogen-bond acceptors (Lipinski definition) is 1. The van der Waals surface area contributed by atoms with Crippen LogP contribution in [-0.4, -0.2) is 11.5 Å². The largest absolute Gasteiger partial charge is 0.295 e. The second-order valence-corrected chi connectivity index (χ2v) is 9.15. The Morgan fingerprint density at radius 2 is 1.86 bits per heavy atom. The van der Waals surface area contributed by atoms with Gasteiger partial charge in [0.1, 0.15) is 0 Å². The molecule has 0 aromatic carbocycles. The molecule has 0 saturated heterocycles. The lowest BCUT2D eigenvalue weighted by molar-refractivity contribution is -0.138. The fourth-order valence-corrected chi connectivity index (χ4v) is 6.78. The summed E-state index contributed by atoms with van der Waals surface area (Å²) in [5, 5.41) is 0. The van der Waals surface area contributed by atoms with Gasteiger partial charge in [0.15, 0.2) is 11.5 Å². The van der Waals surface area contributed by atoms with Crippen molar-refractivity contribution >= 4 is 5.78 Å². The van der Waals surface area contributed by atoms with E-state index in [1.54, 1.807) is 5.57 Å². The van der Waals surface area contributed by atoms with Gasteiger partial charge in [0, 0.05) is 5.41 Å². The van der Waals surface area contributed by atoms with Crippen molar-refractivity contribution in [2.24, 2.45) is 28.6 Å². The molecule has 0 aromatic heterocycles. The average Bonchev–Trinajstić information content (AvgIpc) is 2.66. The molecule has 0 amide bonds. The molecule has 4 rings (SSSR count). The van der Waals surface area contributed by atoms with Crippen LogP contribution in [0.3, 0.4) is 0 Å². The third kappa shape index (κ3) is 1.73. The summed E-state index contributed by atoms with van der Waals surface area (Å²) in [5.41, 5.74) is 0.0177. The molecule has 0 aliphatic heterocycles. The van der Waals surface area contributed by atoms with E-state index in [1.165, 1.54) is 32.6 Å². The van der Waals surface area contributed by atoms with Gasteiger partial charge in [-0.15, -0.1) is 0 Å². The number of ketones is 1. The summed E-state index contributed by atoms with van der Waals surface area (Å²) in [6, 6.07) is 0. The van der Waals surface area contributed by atoms with Crippen LogP contribution >= 0.6 is 0 Å². The van der Waals surface area contributed by atoms with E-state index in [4.69, 9.17) is 0 Å². The van der Waals surface area contributed by atoms with Gasteiger partial charge in [-0.05, 0) is 75.0 Å². The third-order valence-electron chi connectivity index (χ3n) is 8.00. The normalized spacial score (nSPS) is 54.3. The number of halogens is 1. The molecule has 4 aliphatic rings. The van der Waals surface area contributed by atoms with E-state index in [2.05, 4.69) is 19.9 Å². The molecule has 4 aliphatic carbocycles. The van der Waals surface area contributed by atoms with Crippen LogP contribution in [0.1, 0.15) is 72.1 Å². The summed E-state index contributed by atoms with van der Waals surface area (Å²) in [7, 11) is 0. The lowest BCUT2D eigenvalue weighted by atomic mass is 9.48. The van der Waals surface area contributed by atoms with Crippen LogP contribution in [0.2, 0.25) is 0 Å². The van der Waals surface area contributed by atoms with Crippen LogP contribution in [0.25, 0.3) is 0 Å². The van der Waals surface area contributed by atoms with Crippen molar-refractivity contribution in [1.82, 2.24) is 0 Å². The highest BCUT2D eigenvalue weighted by Crippen LogP contribution is 2.65. The topological polar surface area (TPSA) is 17.1 Å². The lowest BCUT2D eigenvalue weighted by Gasteiger charge is -2.56. The Labute approximate surface area is 133 Å². The average molecular weight is 304 g/mol. The molecular weight excluding hydrogens is 275 g/mol. The Morgan fingerprint density at radius 3 is 2.64 bits per heavy atom. The summed E-state index contributed by atoms with van der Waals surface area (Å²) in [6.45, 7) is 6.05. The van der Waals surface area contributed by atoms with Crippen LogP contribution in [0.4, 0.5) is 4.39 Å². The molecule has 0 radical (unpaired) electrons. The maximum absolute atomic E-state index is 14.8. The minimum absolute atomic E-state index is 0.105. The first-order chi connectivity index (χ1) is 10.3. The summed E-state index contributed by atoms with van der Waals surface area (Å²) < 4.78 is 14.8. The monoisotopic (exact) mass is 304 g/mol. The van der Waals surface area contributed by atoms with Crippen molar-refractivity contribution in [2.75, 3.05) is 0 Å². The number of allylic oxidation sites excluding steroid dienone is 2. The van der Waals surface area contributed by atoms with E-state index < -0.39 is 11.1 Å². The molecular formula is C20H29FO. The van der Waals surface area contributed by atoms with Crippen LogP contribution in [-0.2, 0) is 4.79 Å². The third-order valence-corrected chi connectivity index (χ3v) is 8.00. The van der Waals surface area contributed by atoms with Gasteiger partial charge >= 0.3 is 0 Å². The predicted molar refractivity (Wildman–Crippen MR) is 86.2 cm³/mol. The molecule has 3 fully saturated rings. The number of carbonyl (C=O) groups excluding carboxylic acids is 1. The molecule has 0 heterocycles. The van der Waals surface area contributed by atoms with Crippen LogP contribution in [0, 0.1) is 28.6 Å². The number of fused-ring (bicyclic) bond motifs is 5. The van der Waals surface area contributed by atoms with E-state index in [1.807, 2.05) is 0 Å². The number of Topliss-reactive ketones (excluding diaryl/α,β-unsaturated/α-hetero) is 1. The Kier molecular flexibility index (Phi) is 3.02. The Morgan fingerprint density at radius 1 is 1.09 bits per heavy atom. The van der Waals surface area contributed by atoms with Crippen molar-refractivity contribution < 1.29 is 9.18 Å². The fraction of sp³-hybridized carbons (Fsp3) is 0.850. The Hall–Kier alpha value is -0.660. The minimum atomic E-state index is -1.59. The summed E-state index contributed by atoms with van der Waals surface area (Å²) in [5.74, 6) is 1.34. The zero-order valence-corrected chi connectivity index (χ0v) is 14.3. The molecule has 2 heteroatoms. The maximum atomic E-state index is 14.8. The highest BCUT2D eigenvalue weighted by Gasteiger charge is 2.64. The van der Waals surface area contributed by atoms with Crippen molar-refractivity contribution in [3.05, 3.63) is 11.6 Å². The Balaban J connectivity index is 1.73. The highest BCUT2D eigenvalue weighted by atomic mass is 19.1. The van der Waals surface area contributed by atoms with E-state index in [0.29, 0.717) is 23.7 Å². The second kappa shape index (κ2) is 4.45. The molecule has 1 unspecified atom stereocenters. The summed E-state index contributed by atoms with van der Waals surface area (Å²) in [6.07, 6.45) is 11.3. The lowest BCUT2D eigenvalue weighted by Crippen LogP contribution is -2.49. The van der Waals surface area contributed by atoms with E-state index in [9.17, 15) is 9.18 Å². The molecule has 122 valence electrons. The number of hydrogen-bond donors (Lipinski definition) is 0. The summed E-state index contributed by atoms with van der Waals surface area (Å²) in [4.78, 5) is 12.6. The molecule has 0 N–H and O–H groups in total. The molecule has 3 saturated carbocycles. The molecule has 1 nitrogen and oxygen atoms in total. The van der Waals surface area contributed by atoms with Gasteiger partial charge in [-0.2, -0.15) is 0 Å². The quantitative estimate of drug-likeness (QED) is 0.559. The summed E-state index contributed by atoms with van der Waals surface area (Å²) >= 11 is 0. The molecule has 6 atom stereocenters. The smallest absolute Gasteiger partial charge is 0.175 e. The highest BCUT2D eigenvalue weighted by molar-refractivity contribution is 5.94. The molecule has 0 spiro atoms. The number of carbonyl (C=O) groups is 1. The predicted octanol–water partition coefficient (Wildman–Crippen LogP) is 5.25. The van der Waals surface area contributed by atoms with Crippen LogP contribution in [0.5, 0.6) is 0 Å². The van der Waals surface area contributed by atoms with Crippen LogP contribution < -0.4 is 0 Å². The standard InChI is InChI=1S/C20H29FO/c1-18-10-5-4-6-13(18)7-8-14-15(18)9-11-19(2)16(14)12-20(3,21)17(19)22/h7,14-16H,4-6,8-12H2,1-3H3/t14-,15+,16+,18+,19+,20?/m1/s1. The van der Waals surface area contributed by atoms with Gasteiger partial charge in [-0.25, -0.2) is 4.39 Å². The first kappa shape index (κ1) is 14.9. The van der Waals surface area contributed by atoms with E-state index >= 15 is 0 Å². The first-order valence-corrected chi connectivity index (χ1v) is 9.22. The molecule has 22 heavy (non-hydrogen) atoms. The number of rotatable bonds is 0. The molecule has 0 bridgehead atoms. The van der Waals surface area contributed by atoms with Crippen LogP contribution in [0.15, 0.2) is 11.6 Å². The van der Waals surface area contributed by atoms with Crippen molar-refractivity contribution in [3.63, 3.8) is 0 Å². The van der Waals surface area contributed by atoms with Crippen molar-refractivity contribution in [3.8, 4) is 0 Å². The Bertz CT molecular complexity index is 548. The van der Waals surface area contributed by atoms with Gasteiger partial charge < -0.3 is 0 Å². The van der Waals surface area contributed by atoms with E-state index in [0.717, 1.165) is 19.3 Å². The van der Waals surface area contributed by atoms with Gasteiger partial charge in [0.25, 0.3) is 0 Å². The van der Waals surface area contributed by atoms with Gasteiger partial charge in [0.2, 0.25) is 0 Å². The molecule has 0 aromatic rings. The first-order valence-electron chi connectivity index (χ1n) is 9.22. The second-order valence-electron chi connectivity index (χ2n) is 9.15. The maximum Gasteiger partial charge on any atom is 0.175 e. The number of alkyl halides is 1. The SMILES string of the molecule is CC1(F)C[C@H]2[C@@H]3CC=C4CCCC[C@]4(C)[C@H]3CC[C@]2(C)C1=O. The zero-order chi connectivity index (χ0) is 15.8. The fourth-order valence-electron chi connectivity index (χ4n) is 6.78. The van der Waals surface area contributed by atoms with Gasteiger partial charge in [0.05, 0.1) is 0 Å². The van der Waals surface area contributed by atoms with Crippen molar-refractivity contribution in [2.45, 2.75) is 77.8 Å². The van der Waals surface area contributed by atoms with E-state index in [-0.39, 0.29) is 11.7 Å². The van der Waals surface area contributed by atoms with Gasteiger partial charge in [-0.3, -0.25) is 4.79 Å². The minimum Gasteiger partial charge on any atom is -0.295 e. The van der Waals surface area contributed by atoms with Gasteiger partial charge in [-0.1, -0.05) is 31.9 Å². The van der Waals surface area contributed by atoms with Crippen molar-refractivity contribution in [1.29, 1.82) is 0 Å². The zero-order valence-electron chi connectivity index (χ0n) is 14.3.